The van der Waals surface area contributed by atoms with Crippen molar-refractivity contribution >= 4 is 0 Å². The Morgan fingerprint density at radius 1 is 1.46 bits per heavy atom. The normalized spacial score (nSPS) is 20.1. The molecule has 1 aliphatic rings. The van der Waals surface area contributed by atoms with Crippen LogP contribution >= 0.6 is 0 Å². The Balaban J connectivity index is 2.50. The number of rotatable bonds is 2. The van der Waals surface area contributed by atoms with Gasteiger partial charge in [-0.1, -0.05) is 0 Å². The molecule has 0 aliphatic carbocycles. The SMILES string of the molecule is COc1cc(F)cc(F)c1C1CO1. The van der Waals surface area contributed by atoms with Gasteiger partial charge < -0.3 is 9.47 Å². The van der Waals surface area contributed by atoms with Gasteiger partial charge in [0, 0.05) is 12.1 Å². The summed E-state index contributed by atoms with van der Waals surface area (Å²) in [7, 11) is 1.38. The smallest absolute Gasteiger partial charge is 0.135 e. The molecular weight excluding hydrogens is 178 g/mol. The first kappa shape index (κ1) is 8.44. The quantitative estimate of drug-likeness (QED) is 0.659. The molecule has 1 saturated heterocycles. The lowest BCUT2D eigenvalue weighted by molar-refractivity contribution is 0.371. The highest BCUT2D eigenvalue weighted by molar-refractivity contribution is 5.38. The zero-order valence-corrected chi connectivity index (χ0v) is 7.01. The average molecular weight is 186 g/mol. The van der Waals surface area contributed by atoms with E-state index in [-0.39, 0.29) is 11.9 Å². The molecule has 0 spiro atoms. The molecule has 0 saturated carbocycles. The standard InChI is InChI=1S/C9H8F2O2/c1-12-7-3-5(10)2-6(11)9(7)8-4-13-8/h2-3,8H,4H2,1H3. The summed E-state index contributed by atoms with van der Waals surface area (Å²) in [5.74, 6) is -1.04. The Kier molecular flexibility index (Phi) is 1.92. The van der Waals surface area contributed by atoms with Crippen molar-refractivity contribution in [1.82, 2.24) is 0 Å². The van der Waals surface area contributed by atoms with Gasteiger partial charge >= 0.3 is 0 Å². The van der Waals surface area contributed by atoms with E-state index in [0.29, 0.717) is 12.2 Å². The van der Waals surface area contributed by atoms with Crippen molar-refractivity contribution in [1.29, 1.82) is 0 Å². The maximum Gasteiger partial charge on any atom is 0.135 e. The van der Waals surface area contributed by atoms with Crippen molar-refractivity contribution in [2.45, 2.75) is 6.10 Å². The molecular formula is C9H8F2O2. The van der Waals surface area contributed by atoms with Crippen LogP contribution in [0.15, 0.2) is 12.1 Å². The molecule has 70 valence electrons. The fourth-order valence-corrected chi connectivity index (χ4v) is 1.26. The lowest BCUT2D eigenvalue weighted by Crippen LogP contribution is -1.96. The van der Waals surface area contributed by atoms with E-state index in [1.165, 1.54) is 7.11 Å². The minimum absolute atomic E-state index is 0.208. The van der Waals surface area contributed by atoms with Crippen LogP contribution in [0.25, 0.3) is 0 Å². The highest BCUT2D eigenvalue weighted by Crippen LogP contribution is 2.38. The Bertz CT molecular complexity index is 335. The third-order valence-corrected chi connectivity index (χ3v) is 1.93. The van der Waals surface area contributed by atoms with Crippen molar-refractivity contribution in [2.24, 2.45) is 0 Å². The average Bonchev–Trinajstić information content (AvgIpc) is 2.86. The van der Waals surface area contributed by atoms with E-state index < -0.39 is 11.6 Å². The molecule has 1 unspecified atom stereocenters. The van der Waals surface area contributed by atoms with Gasteiger partial charge in [-0.3, -0.25) is 0 Å². The molecule has 1 aliphatic heterocycles. The van der Waals surface area contributed by atoms with Crippen LogP contribution < -0.4 is 4.74 Å². The van der Waals surface area contributed by atoms with Crippen LogP contribution in [-0.4, -0.2) is 13.7 Å². The second kappa shape index (κ2) is 2.96. The van der Waals surface area contributed by atoms with E-state index >= 15 is 0 Å². The molecule has 0 N–H and O–H groups in total. The van der Waals surface area contributed by atoms with E-state index in [2.05, 4.69) is 0 Å². The van der Waals surface area contributed by atoms with Gasteiger partial charge in [-0.05, 0) is 0 Å². The maximum absolute atomic E-state index is 13.2. The molecule has 2 nitrogen and oxygen atoms in total. The van der Waals surface area contributed by atoms with Crippen LogP contribution in [0.2, 0.25) is 0 Å². The monoisotopic (exact) mass is 186 g/mol. The van der Waals surface area contributed by atoms with Gasteiger partial charge in [-0.25, -0.2) is 8.78 Å². The van der Waals surface area contributed by atoms with Crippen LogP contribution in [0.5, 0.6) is 5.75 Å². The Hall–Kier alpha value is -1.16. The minimum Gasteiger partial charge on any atom is -0.496 e. The number of ether oxygens (including phenoxy) is 2. The second-order valence-electron chi connectivity index (χ2n) is 2.83. The lowest BCUT2D eigenvalue weighted by atomic mass is 10.1. The van der Waals surface area contributed by atoms with Crippen molar-refractivity contribution in [3.8, 4) is 5.75 Å². The van der Waals surface area contributed by atoms with Crippen LogP contribution in [0.4, 0.5) is 8.78 Å². The van der Waals surface area contributed by atoms with Crippen LogP contribution in [0.3, 0.4) is 0 Å². The van der Waals surface area contributed by atoms with Crippen LogP contribution in [0, 0.1) is 11.6 Å². The molecule has 2 rings (SSSR count). The summed E-state index contributed by atoms with van der Waals surface area (Å²) in [6.07, 6.45) is -0.268. The summed E-state index contributed by atoms with van der Waals surface area (Å²) in [5.41, 5.74) is 0.309. The van der Waals surface area contributed by atoms with Crippen molar-refractivity contribution < 1.29 is 18.3 Å². The molecule has 1 heterocycles. The molecule has 1 fully saturated rings. The van der Waals surface area contributed by atoms with E-state index in [0.717, 1.165) is 12.1 Å². The topological polar surface area (TPSA) is 21.8 Å². The van der Waals surface area contributed by atoms with Gasteiger partial charge in [0.25, 0.3) is 0 Å². The zero-order chi connectivity index (χ0) is 9.42. The molecule has 13 heavy (non-hydrogen) atoms. The summed E-state index contributed by atoms with van der Waals surface area (Å²) in [6.45, 7) is 0.471. The maximum atomic E-state index is 13.2. The first-order valence-electron chi connectivity index (χ1n) is 3.87. The third kappa shape index (κ3) is 1.49. The Morgan fingerprint density at radius 3 is 2.69 bits per heavy atom. The molecule has 0 radical (unpaired) electrons. The third-order valence-electron chi connectivity index (χ3n) is 1.93. The zero-order valence-electron chi connectivity index (χ0n) is 7.01. The minimum atomic E-state index is -0.640. The number of halogens is 2. The summed E-state index contributed by atoms with van der Waals surface area (Å²) in [6, 6.07) is 1.99. The summed E-state index contributed by atoms with van der Waals surface area (Å²) in [5, 5.41) is 0. The Morgan fingerprint density at radius 2 is 2.15 bits per heavy atom. The molecule has 0 amide bonds. The lowest BCUT2D eigenvalue weighted by Gasteiger charge is -2.06. The van der Waals surface area contributed by atoms with E-state index in [1.807, 2.05) is 0 Å². The van der Waals surface area contributed by atoms with E-state index in [9.17, 15) is 8.78 Å². The molecule has 1 aromatic rings. The highest BCUT2D eigenvalue weighted by Gasteiger charge is 2.31. The van der Waals surface area contributed by atoms with Gasteiger partial charge in [0.05, 0.1) is 19.3 Å². The summed E-state index contributed by atoms with van der Waals surface area (Å²) >= 11 is 0. The van der Waals surface area contributed by atoms with Gasteiger partial charge in [0.1, 0.15) is 23.5 Å². The first-order valence-corrected chi connectivity index (χ1v) is 3.87. The van der Waals surface area contributed by atoms with Crippen molar-refractivity contribution in [3.05, 3.63) is 29.3 Å². The van der Waals surface area contributed by atoms with Crippen LogP contribution in [0.1, 0.15) is 11.7 Å². The predicted molar refractivity (Wildman–Crippen MR) is 41.6 cm³/mol. The summed E-state index contributed by atoms with van der Waals surface area (Å²) in [4.78, 5) is 0. The highest BCUT2D eigenvalue weighted by atomic mass is 19.1. The van der Waals surface area contributed by atoms with Gasteiger partial charge in [0.15, 0.2) is 0 Å². The largest absolute Gasteiger partial charge is 0.496 e. The fraction of sp³-hybridized carbons (Fsp3) is 0.333. The first-order chi connectivity index (χ1) is 6.22. The number of epoxide rings is 1. The van der Waals surface area contributed by atoms with Crippen molar-refractivity contribution in [2.75, 3.05) is 13.7 Å². The number of benzene rings is 1. The van der Waals surface area contributed by atoms with Crippen LogP contribution in [-0.2, 0) is 4.74 Å². The number of hydrogen-bond donors (Lipinski definition) is 0. The molecule has 4 heteroatoms. The summed E-state index contributed by atoms with van der Waals surface area (Å²) < 4.78 is 35.7. The number of methoxy groups -OCH3 is 1. The second-order valence-corrected chi connectivity index (χ2v) is 2.83. The predicted octanol–water partition coefficient (Wildman–Crippen LogP) is 2.04. The number of hydrogen-bond acceptors (Lipinski definition) is 2. The Labute approximate surface area is 74.1 Å². The molecule has 1 aromatic carbocycles. The van der Waals surface area contributed by atoms with Gasteiger partial charge in [-0.15, -0.1) is 0 Å². The molecule has 0 bridgehead atoms. The molecule has 1 atom stereocenters. The van der Waals surface area contributed by atoms with Gasteiger partial charge in [0.2, 0.25) is 0 Å². The van der Waals surface area contributed by atoms with Gasteiger partial charge in [-0.2, -0.15) is 0 Å². The van der Waals surface area contributed by atoms with E-state index in [4.69, 9.17) is 9.47 Å². The van der Waals surface area contributed by atoms with E-state index in [1.54, 1.807) is 0 Å². The fourth-order valence-electron chi connectivity index (χ4n) is 1.26. The molecule has 0 aromatic heterocycles. The van der Waals surface area contributed by atoms with Crippen molar-refractivity contribution in [3.63, 3.8) is 0 Å².